The Balaban J connectivity index is 1.92. The van der Waals surface area contributed by atoms with Gasteiger partial charge in [0, 0.05) is 10.7 Å². The van der Waals surface area contributed by atoms with Crippen molar-refractivity contribution in [2.24, 2.45) is 0 Å². The van der Waals surface area contributed by atoms with Gasteiger partial charge in [0.15, 0.2) is 0 Å². The van der Waals surface area contributed by atoms with E-state index in [1.165, 1.54) is 5.56 Å². The van der Waals surface area contributed by atoms with Crippen LogP contribution in [-0.4, -0.2) is 16.1 Å². The van der Waals surface area contributed by atoms with Gasteiger partial charge in [-0.3, -0.25) is 9.78 Å². The molecule has 3 rings (SSSR count). The van der Waals surface area contributed by atoms with Crippen LogP contribution in [-0.2, 0) is 24.1 Å². The maximum Gasteiger partial charge on any atom is 0.312 e. The van der Waals surface area contributed by atoms with Gasteiger partial charge in [-0.1, -0.05) is 35.9 Å². The number of benzene rings is 1. The summed E-state index contributed by atoms with van der Waals surface area (Å²) in [5, 5.41) is 10.1. The van der Waals surface area contributed by atoms with E-state index in [4.69, 9.17) is 11.6 Å². The average molecular weight is 302 g/mol. The van der Waals surface area contributed by atoms with Crippen molar-refractivity contribution in [1.82, 2.24) is 4.98 Å². The minimum absolute atomic E-state index is 0.362. The molecule has 0 saturated carbocycles. The third-order valence-electron chi connectivity index (χ3n) is 3.99. The van der Waals surface area contributed by atoms with Gasteiger partial charge < -0.3 is 5.11 Å². The number of aliphatic carboxylic acids is 1. The van der Waals surface area contributed by atoms with Crippen LogP contribution in [0.4, 0.5) is 0 Å². The second kappa shape index (κ2) is 5.86. The van der Waals surface area contributed by atoms with E-state index in [1.54, 1.807) is 6.07 Å². The third-order valence-corrected chi connectivity index (χ3v) is 4.36. The number of pyridine rings is 1. The molecule has 0 amide bonds. The third kappa shape index (κ3) is 2.93. The first-order valence-electron chi connectivity index (χ1n) is 7.10. The maximum atomic E-state index is 11.6. The fourth-order valence-corrected chi connectivity index (χ4v) is 3.05. The van der Waals surface area contributed by atoms with Gasteiger partial charge in [0.2, 0.25) is 0 Å². The first-order chi connectivity index (χ1) is 10.1. The largest absolute Gasteiger partial charge is 0.481 e. The zero-order valence-corrected chi connectivity index (χ0v) is 12.3. The molecule has 1 aromatic heterocycles. The smallest absolute Gasteiger partial charge is 0.312 e. The molecule has 1 aliphatic carbocycles. The quantitative estimate of drug-likeness (QED) is 0.938. The zero-order valence-electron chi connectivity index (χ0n) is 11.6. The highest BCUT2D eigenvalue weighted by atomic mass is 35.5. The molecular formula is C17H16ClNO2. The molecule has 1 aliphatic rings. The predicted molar refractivity (Wildman–Crippen MR) is 81.8 cm³/mol. The number of rotatable bonds is 4. The van der Waals surface area contributed by atoms with E-state index < -0.39 is 11.9 Å². The van der Waals surface area contributed by atoms with Crippen LogP contribution in [0.3, 0.4) is 0 Å². The van der Waals surface area contributed by atoms with E-state index >= 15 is 0 Å². The standard InChI is InChI=1S/C17H16ClNO2/c18-14-6-2-1-4-12(14)10-13(17(20)21)16-9-8-11-5-3-7-15(11)19-16/h1-2,4,6,8-9,13H,3,5,7,10H2,(H,20,21). The number of aromatic nitrogens is 1. The molecule has 2 aromatic rings. The second-order valence-electron chi connectivity index (χ2n) is 5.38. The Morgan fingerprint density at radius 2 is 2.05 bits per heavy atom. The lowest BCUT2D eigenvalue weighted by molar-refractivity contribution is -0.138. The minimum atomic E-state index is -0.861. The van der Waals surface area contributed by atoms with Crippen LogP contribution in [0.15, 0.2) is 36.4 Å². The Kier molecular flexibility index (Phi) is 3.93. The molecule has 1 aromatic carbocycles. The Morgan fingerprint density at radius 1 is 1.24 bits per heavy atom. The Hall–Kier alpha value is -1.87. The van der Waals surface area contributed by atoms with Gasteiger partial charge in [0.05, 0.1) is 5.69 Å². The molecule has 1 heterocycles. The molecule has 4 heteroatoms. The lowest BCUT2D eigenvalue weighted by atomic mass is 9.95. The summed E-state index contributed by atoms with van der Waals surface area (Å²) in [5.74, 6) is -1.52. The van der Waals surface area contributed by atoms with Gasteiger partial charge >= 0.3 is 5.97 Å². The molecular weight excluding hydrogens is 286 g/mol. The van der Waals surface area contributed by atoms with Crippen LogP contribution in [0.25, 0.3) is 0 Å². The Bertz CT molecular complexity index is 684. The fourth-order valence-electron chi connectivity index (χ4n) is 2.83. The summed E-state index contributed by atoms with van der Waals surface area (Å²) in [5.41, 5.74) is 3.77. The van der Waals surface area contributed by atoms with Crippen LogP contribution >= 0.6 is 11.6 Å². The second-order valence-corrected chi connectivity index (χ2v) is 5.79. The molecule has 1 atom stereocenters. The van der Waals surface area contributed by atoms with Crippen LogP contribution in [0.2, 0.25) is 5.02 Å². The van der Waals surface area contributed by atoms with Gasteiger partial charge in [-0.05, 0) is 48.9 Å². The van der Waals surface area contributed by atoms with E-state index in [0.29, 0.717) is 17.1 Å². The Morgan fingerprint density at radius 3 is 2.81 bits per heavy atom. The molecule has 0 saturated heterocycles. The molecule has 108 valence electrons. The fraction of sp³-hybridized carbons (Fsp3) is 0.294. The average Bonchev–Trinajstić information content (AvgIpc) is 2.93. The molecule has 21 heavy (non-hydrogen) atoms. The van der Waals surface area contributed by atoms with E-state index in [1.807, 2.05) is 30.3 Å². The molecule has 0 bridgehead atoms. The van der Waals surface area contributed by atoms with Crippen LogP contribution in [0.5, 0.6) is 0 Å². The molecule has 1 unspecified atom stereocenters. The molecule has 1 N–H and O–H groups in total. The number of nitrogens with zero attached hydrogens (tertiary/aromatic N) is 1. The van der Waals surface area contributed by atoms with Gasteiger partial charge in [0.25, 0.3) is 0 Å². The van der Waals surface area contributed by atoms with Crippen molar-refractivity contribution in [3.8, 4) is 0 Å². The highest BCUT2D eigenvalue weighted by molar-refractivity contribution is 6.31. The molecule has 0 fully saturated rings. The van der Waals surface area contributed by atoms with E-state index in [0.717, 1.165) is 30.5 Å². The normalized spacial score (nSPS) is 14.7. The summed E-state index contributed by atoms with van der Waals surface area (Å²) >= 11 is 6.14. The predicted octanol–water partition coefficient (Wildman–Crippen LogP) is 3.63. The molecule has 0 aliphatic heterocycles. The van der Waals surface area contributed by atoms with Crippen molar-refractivity contribution in [3.63, 3.8) is 0 Å². The maximum absolute atomic E-state index is 11.6. The lowest BCUT2D eigenvalue weighted by Crippen LogP contribution is -2.16. The summed E-state index contributed by atoms with van der Waals surface area (Å²) in [6, 6.07) is 11.2. The number of hydrogen-bond acceptors (Lipinski definition) is 2. The highest BCUT2D eigenvalue weighted by Gasteiger charge is 2.24. The van der Waals surface area contributed by atoms with Crippen LogP contribution in [0.1, 0.15) is 34.9 Å². The summed E-state index contributed by atoms with van der Waals surface area (Å²) in [6.45, 7) is 0. The van der Waals surface area contributed by atoms with Crippen molar-refractivity contribution >= 4 is 17.6 Å². The van der Waals surface area contributed by atoms with E-state index in [-0.39, 0.29) is 0 Å². The number of halogens is 1. The summed E-state index contributed by atoms with van der Waals surface area (Å²) in [6.07, 6.45) is 3.46. The summed E-state index contributed by atoms with van der Waals surface area (Å²) in [4.78, 5) is 16.2. The SMILES string of the molecule is O=C(O)C(Cc1ccccc1Cl)c1ccc2c(n1)CCC2. The first kappa shape index (κ1) is 14.1. The van der Waals surface area contributed by atoms with Gasteiger partial charge in [-0.15, -0.1) is 0 Å². The van der Waals surface area contributed by atoms with Crippen molar-refractivity contribution in [1.29, 1.82) is 0 Å². The molecule has 3 nitrogen and oxygen atoms in total. The molecule has 0 spiro atoms. The number of fused-ring (bicyclic) bond motifs is 1. The number of hydrogen-bond donors (Lipinski definition) is 1. The van der Waals surface area contributed by atoms with Gasteiger partial charge in [0.1, 0.15) is 5.92 Å². The van der Waals surface area contributed by atoms with Crippen LogP contribution < -0.4 is 0 Å². The number of aryl methyl sites for hydroxylation is 2. The minimum Gasteiger partial charge on any atom is -0.481 e. The number of carbonyl (C=O) groups is 1. The Labute approximate surface area is 128 Å². The monoisotopic (exact) mass is 301 g/mol. The first-order valence-corrected chi connectivity index (χ1v) is 7.48. The van der Waals surface area contributed by atoms with Crippen LogP contribution in [0, 0.1) is 0 Å². The number of carboxylic acid groups (broad SMARTS) is 1. The summed E-state index contributed by atoms with van der Waals surface area (Å²) < 4.78 is 0. The molecule has 0 radical (unpaired) electrons. The lowest BCUT2D eigenvalue weighted by Gasteiger charge is -2.14. The number of carboxylic acids is 1. The van der Waals surface area contributed by atoms with E-state index in [2.05, 4.69) is 4.98 Å². The summed E-state index contributed by atoms with van der Waals surface area (Å²) in [7, 11) is 0. The van der Waals surface area contributed by atoms with Crippen molar-refractivity contribution in [3.05, 3.63) is 63.9 Å². The van der Waals surface area contributed by atoms with E-state index in [9.17, 15) is 9.90 Å². The van der Waals surface area contributed by atoms with Gasteiger partial charge in [-0.25, -0.2) is 0 Å². The van der Waals surface area contributed by atoms with Crippen molar-refractivity contribution in [2.45, 2.75) is 31.6 Å². The zero-order chi connectivity index (χ0) is 14.8. The van der Waals surface area contributed by atoms with Gasteiger partial charge in [-0.2, -0.15) is 0 Å². The van der Waals surface area contributed by atoms with Crippen molar-refractivity contribution in [2.75, 3.05) is 0 Å². The topological polar surface area (TPSA) is 50.2 Å². The highest BCUT2D eigenvalue weighted by Crippen LogP contribution is 2.27. The van der Waals surface area contributed by atoms with Crippen molar-refractivity contribution < 1.29 is 9.90 Å².